The molecule has 1 aliphatic heterocycles. The lowest BCUT2D eigenvalue weighted by molar-refractivity contribution is -0.128. The number of hydrogen-bond acceptors (Lipinski definition) is 3. The van der Waals surface area contributed by atoms with Gasteiger partial charge in [0, 0.05) is 31.5 Å². The summed E-state index contributed by atoms with van der Waals surface area (Å²) >= 11 is 6.08. The number of likely N-dealkylation sites (tertiary alicyclic amines) is 1. The van der Waals surface area contributed by atoms with Crippen LogP contribution < -0.4 is 5.32 Å². The Morgan fingerprint density at radius 3 is 2.68 bits per heavy atom. The van der Waals surface area contributed by atoms with Crippen molar-refractivity contribution in [2.75, 3.05) is 18.4 Å². The van der Waals surface area contributed by atoms with Gasteiger partial charge in [-0.25, -0.2) is 0 Å². The molecule has 6 heteroatoms. The number of ketones is 1. The summed E-state index contributed by atoms with van der Waals surface area (Å²) in [5.74, 6) is -0.648. The molecule has 0 saturated carbocycles. The molecule has 1 atom stereocenters. The molecule has 1 aliphatic rings. The van der Waals surface area contributed by atoms with Crippen LogP contribution in [0.3, 0.4) is 0 Å². The maximum atomic E-state index is 12.3. The summed E-state index contributed by atoms with van der Waals surface area (Å²) in [4.78, 5) is 37.4. The summed E-state index contributed by atoms with van der Waals surface area (Å²) in [5.41, 5.74) is 0.924. The van der Waals surface area contributed by atoms with Gasteiger partial charge in [-0.15, -0.1) is 0 Å². The van der Waals surface area contributed by atoms with Crippen LogP contribution >= 0.6 is 11.6 Å². The van der Waals surface area contributed by atoms with Crippen LogP contribution in [0.25, 0.3) is 0 Å². The lowest BCUT2D eigenvalue weighted by Crippen LogP contribution is -2.28. The lowest BCUT2D eigenvalue weighted by atomic mass is 10.1. The number of rotatable bonds is 5. The van der Waals surface area contributed by atoms with Crippen LogP contribution in [0.15, 0.2) is 18.2 Å². The van der Waals surface area contributed by atoms with Crippen molar-refractivity contribution in [3.63, 3.8) is 0 Å². The molecule has 22 heavy (non-hydrogen) atoms. The highest BCUT2D eigenvalue weighted by molar-refractivity contribution is 6.34. The minimum atomic E-state index is -0.381. The van der Waals surface area contributed by atoms with Crippen LogP contribution in [0.4, 0.5) is 5.69 Å². The van der Waals surface area contributed by atoms with Gasteiger partial charge < -0.3 is 10.2 Å². The Balaban J connectivity index is 2.12. The van der Waals surface area contributed by atoms with Crippen LogP contribution in [0.2, 0.25) is 5.02 Å². The summed E-state index contributed by atoms with van der Waals surface area (Å²) in [5, 5.41) is 3.11. The first kappa shape index (κ1) is 16.5. The van der Waals surface area contributed by atoms with E-state index in [0.717, 1.165) is 0 Å². The second kappa shape index (κ2) is 6.92. The number of hydrogen-bond donors (Lipinski definition) is 1. The van der Waals surface area contributed by atoms with Crippen molar-refractivity contribution in [3.05, 3.63) is 28.8 Å². The SMILES string of the molecule is CCC(=O)c1ccc(Cl)c(NC(=O)[C@H]2CC(=O)N(CC)C2)c1. The van der Waals surface area contributed by atoms with Gasteiger partial charge in [0.05, 0.1) is 16.6 Å². The van der Waals surface area contributed by atoms with Crippen molar-refractivity contribution in [1.82, 2.24) is 4.90 Å². The number of nitrogens with zero attached hydrogens (tertiary/aromatic N) is 1. The zero-order valence-corrected chi connectivity index (χ0v) is 13.4. The van der Waals surface area contributed by atoms with E-state index in [1.54, 1.807) is 30.0 Å². The van der Waals surface area contributed by atoms with Gasteiger partial charge in [0.15, 0.2) is 5.78 Å². The number of benzene rings is 1. The normalized spacial score (nSPS) is 17.7. The quantitative estimate of drug-likeness (QED) is 0.848. The topological polar surface area (TPSA) is 66.5 Å². The molecular weight excluding hydrogens is 304 g/mol. The molecule has 2 amide bonds. The third kappa shape index (κ3) is 3.47. The van der Waals surface area contributed by atoms with Crippen LogP contribution in [-0.2, 0) is 9.59 Å². The van der Waals surface area contributed by atoms with E-state index in [9.17, 15) is 14.4 Å². The number of Topliss-reactive ketones (excluding diaryl/α,β-unsaturated/α-hetero) is 1. The first-order chi connectivity index (χ1) is 10.5. The van der Waals surface area contributed by atoms with Crippen molar-refractivity contribution in [2.45, 2.75) is 26.7 Å². The van der Waals surface area contributed by atoms with E-state index in [4.69, 9.17) is 11.6 Å². The van der Waals surface area contributed by atoms with E-state index < -0.39 is 0 Å². The summed E-state index contributed by atoms with van der Waals surface area (Å²) in [7, 11) is 0. The Labute approximate surface area is 134 Å². The molecule has 1 heterocycles. The number of carbonyl (C=O) groups is 3. The van der Waals surface area contributed by atoms with E-state index in [2.05, 4.69) is 5.32 Å². The number of anilines is 1. The molecule has 1 fully saturated rings. The second-order valence-electron chi connectivity index (χ2n) is 5.29. The summed E-state index contributed by atoms with van der Waals surface area (Å²) in [6.45, 7) is 4.68. The minimum absolute atomic E-state index is 0.0105. The molecule has 1 aromatic rings. The molecule has 118 valence electrons. The molecule has 0 radical (unpaired) electrons. The fraction of sp³-hybridized carbons (Fsp3) is 0.438. The Bertz CT molecular complexity index is 615. The second-order valence-corrected chi connectivity index (χ2v) is 5.70. The highest BCUT2D eigenvalue weighted by Crippen LogP contribution is 2.26. The molecule has 5 nitrogen and oxygen atoms in total. The van der Waals surface area contributed by atoms with Crippen LogP contribution in [-0.4, -0.2) is 35.6 Å². The fourth-order valence-corrected chi connectivity index (χ4v) is 2.65. The van der Waals surface area contributed by atoms with Crippen molar-refractivity contribution < 1.29 is 14.4 Å². The van der Waals surface area contributed by atoms with Crippen molar-refractivity contribution >= 4 is 34.9 Å². The highest BCUT2D eigenvalue weighted by Gasteiger charge is 2.33. The first-order valence-corrected chi connectivity index (χ1v) is 7.75. The monoisotopic (exact) mass is 322 g/mol. The third-order valence-corrected chi connectivity index (χ3v) is 4.16. The lowest BCUT2D eigenvalue weighted by Gasteiger charge is -2.14. The van der Waals surface area contributed by atoms with Crippen LogP contribution in [0.5, 0.6) is 0 Å². The zero-order valence-electron chi connectivity index (χ0n) is 12.7. The van der Waals surface area contributed by atoms with Gasteiger partial charge in [-0.1, -0.05) is 18.5 Å². The van der Waals surface area contributed by atoms with Crippen LogP contribution in [0.1, 0.15) is 37.0 Å². The predicted molar refractivity (Wildman–Crippen MR) is 85.1 cm³/mol. The first-order valence-electron chi connectivity index (χ1n) is 7.37. The molecular formula is C16H19ClN2O3. The smallest absolute Gasteiger partial charge is 0.229 e. The number of amides is 2. The maximum absolute atomic E-state index is 12.3. The molecule has 0 spiro atoms. The Hall–Kier alpha value is -1.88. The van der Waals surface area contributed by atoms with Gasteiger partial charge in [0.1, 0.15) is 0 Å². The third-order valence-electron chi connectivity index (χ3n) is 3.83. The molecule has 0 bridgehead atoms. The molecule has 0 aliphatic carbocycles. The van der Waals surface area contributed by atoms with Crippen molar-refractivity contribution in [3.8, 4) is 0 Å². The van der Waals surface area contributed by atoms with E-state index in [1.807, 2.05) is 6.92 Å². The van der Waals surface area contributed by atoms with E-state index in [0.29, 0.717) is 35.8 Å². The number of halogens is 1. The Morgan fingerprint density at radius 1 is 1.36 bits per heavy atom. The van der Waals surface area contributed by atoms with Gasteiger partial charge >= 0.3 is 0 Å². The molecule has 1 N–H and O–H groups in total. The molecule has 2 rings (SSSR count). The van der Waals surface area contributed by atoms with E-state index in [-0.39, 0.29) is 29.9 Å². The Morgan fingerprint density at radius 2 is 2.09 bits per heavy atom. The van der Waals surface area contributed by atoms with Crippen molar-refractivity contribution in [1.29, 1.82) is 0 Å². The van der Waals surface area contributed by atoms with Crippen LogP contribution in [0, 0.1) is 5.92 Å². The standard InChI is InChI=1S/C16H19ClN2O3/c1-3-14(20)10-5-6-12(17)13(7-10)18-16(22)11-8-15(21)19(4-2)9-11/h5-7,11H,3-4,8-9H2,1-2H3,(H,18,22)/t11-/m0/s1. The molecule has 0 aromatic heterocycles. The van der Waals surface area contributed by atoms with E-state index >= 15 is 0 Å². The summed E-state index contributed by atoms with van der Waals surface area (Å²) in [6.07, 6.45) is 0.600. The summed E-state index contributed by atoms with van der Waals surface area (Å²) in [6, 6.07) is 4.82. The number of nitrogens with one attached hydrogen (secondary N) is 1. The van der Waals surface area contributed by atoms with E-state index in [1.165, 1.54) is 0 Å². The average Bonchev–Trinajstić information content (AvgIpc) is 2.89. The molecule has 1 saturated heterocycles. The summed E-state index contributed by atoms with van der Waals surface area (Å²) < 4.78 is 0. The van der Waals surface area contributed by atoms with Gasteiger partial charge in [-0.05, 0) is 25.1 Å². The largest absolute Gasteiger partial charge is 0.342 e. The van der Waals surface area contributed by atoms with Gasteiger partial charge in [0.2, 0.25) is 11.8 Å². The predicted octanol–water partition coefficient (Wildman–Crippen LogP) is 2.74. The van der Waals surface area contributed by atoms with Gasteiger partial charge in [0.25, 0.3) is 0 Å². The van der Waals surface area contributed by atoms with Crippen molar-refractivity contribution in [2.24, 2.45) is 5.92 Å². The number of carbonyl (C=O) groups excluding carboxylic acids is 3. The molecule has 0 unspecified atom stereocenters. The average molecular weight is 323 g/mol. The minimum Gasteiger partial charge on any atom is -0.342 e. The highest BCUT2D eigenvalue weighted by atomic mass is 35.5. The van der Waals surface area contributed by atoms with Gasteiger partial charge in [-0.2, -0.15) is 0 Å². The Kier molecular flexibility index (Phi) is 5.19. The fourth-order valence-electron chi connectivity index (χ4n) is 2.49. The maximum Gasteiger partial charge on any atom is 0.229 e. The molecule has 1 aromatic carbocycles. The van der Waals surface area contributed by atoms with Gasteiger partial charge in [-0.3, -0.25) is 14.4 Å². The zero-order chi connectivity index (χ0) is 16.3.